The molecule has 0 bridgehead atoms. The van der Waals surface area contributed by atoms with Gasteiger partial charge in [-0.2, -0.15) is 0 Å². The van der Waals surface area contributed by atoms with Crippen LogP contribution in [0, 0.1) is 22.7 Å². The van der Waals surface area contributed by atoms with Crippen molar-refractivity contribution in [3.05, 3.63) is 71.9 Å². The van der Waals surface area contributed by atoms with Crippen LogP contribution in [0.3, 0.4) is 0 Å². The largest absolute Gasteiger partial charge is 0.423 e. The lowest BCUT2D eigenvalue weighted by Gasteiger charge is -2.60. The Balaban J connectivity index is 1.28. The molecule has 45 heavy (non-hydrogen) atoms. The van der Waals surface area contributed by atoms with E-state index in [4.69, 9.17) is 4.74 Å². The number of nitrogens with zero attached hydrogens (tertiary/aromatic N) is 4. The van der Waals surface area contributed by atoms with Gasteiger partial charge in [-0.25, -0.2) is 19.7 Å². The maximum absolute atomic E-state index is 13.4. The number of pyridine rings is 1. The molecule has 0 radical (unpaired) electrons. The van der Waals surface area contributed by atoms with E-state index in [0.717, 1.165) is 44.2 Å². The van der Waals surface area contributed by atoms with Crippen molar-refractivity contribution >= 4 is 23.8 Å². The highest BCUT2D eigenvalue weighted by atomic mass is 16.5. The van der Waals surface area contributed by atoms with Crippen LogP contribution in [-0.4, -0.2) is 74.2 Å². The summed E-state index contributed by atoms with van der Waals surface area (Å²) in [6, 6.07) is 5.26. The van der Waals surface area contributed by atoms with E-state index in [1.54, 1.807) is 30.7 Å². The number of hydrogen-bond donors (Lipinski definition) is 4. The summed E-state index contributed by atoms with van der Waals surface area (Å²) in [6.45, 7) is 9.59. The Hall–Kier alpha value is -3.60. The number of ether oxygens (including phenoxy) is 1. The number of rotatable bonds is 9. The topological polar surface area (TPSA) is 141 Å². The van der Waals surface area contributed by atoms with E-state index in [-0.39, 0.29) is 36.5 Å². The van der Waals surface area contributed by atoms with Crippen molar-refractivity contribution in [1.82, 2.24) is 15.0 Å². The summed E-state index contributed by atoms with van der Waals surface area (Å²) < 4.78 is 5.75. The highest BCUT2D eigenvalue weighted by molar-refractivity contribution is 5.95. The van der Waals surface area contributed by atoms with E-state index in [2.05, 4.69) is 33.8 Å². The zero-order valence-corrected chi connectivity index (χ0v) is 26.2. The first-order valence-electron chi connectivity index (χ1n) is 16.2. The lowest BCUT2D eigenvalue weighted by molar-refractivity contribution is -0.152. The van der Waals surface area contributed by atoms with E-state index >= 15 is 0 Å². The number of aromatic nitrogens is 3. The third-order valence-electron chi connectivity index (χ3n) is 11.1. The lowest BCUT2D eigenvalue weighted by atomic mass is 9.46. The van der Waals surface area contributed by atoms with E-state index < -0.39 is 23.5 Å². The molecule has 3 fully saturated rings. The Bertz CT molecular complexity index is 1460. The third-order valence-corrected chi connectivity index (χ3v) is 11.1. The molecule has 0 spiro atoms. The molecule has 2 aliphatic heterocycles. The number of nitrogens with one attached hydrogen (secondary N) is 1. The highest BCUT2D eigenvalue weighted by Gasteiger charge is 2.58. The van der Waals surface area contributed by atoms with Gasteiger partial charge < -0.3 is 30.3 Å². The summed E-state index contributed by atoms with van der Waals surface area (Å²) in [4.78, 5) is 29.0. The molecule has 2 aromatic heterocycles. The quantitative estimate of drug-likeness (QED) is 0.239. The molecule has 1 saturated heterocycles. The van der Waals surface area contributed by atoms with Crippen molar-refractivity contribution in [3.63, 3.8) is 0 Å². The molecular weight excluding hydrogens is 570 g/mol. The molecule has 10 heteroatoms. The van der Waals surface area contributed by atoms with Crippen LogP contribution >= 0.6 is 0 Å². The summed E-state index contributed by atoms with van der Waals surface area (Å²) in [5.74, 6) is 1.39. The molecule has 7 atom stereocenters. The number of carbonyl (C=O) groups is 1. The van der Waals surface area contributed by atoms with Gasteiger partial charge in [-0.1, -0.05) is 32.1 Å². The van der Waals surface area contributed by atoms with E-state index in [1.165, 1.54) is 0 Å². The fraction of sp³-hybridized carbons (Fsp3) is 0.543. The summed E-state index contributed by atoms with van der Waals surface area (Å²) in [6.07, 6.45) is 13.7. The van der Waals surface area contributed by atoms with Crippen LogP contribution < -0.4 is 10.2 Å². The molecule has 0 aromatic carbocycles. The van der Waals surface area contributed by atoms with Crippen LogP contribution in [0.2, 0.25) is 0 Å². The first-order valence-corrected chi connectivity index (χ1v) is 16.2. The standard InChI is InChI=1S/C35H45N5O5/c1-22-9-10-29-34(2,12-11-30(43)35(29,3)21-42)27(22)17-28(39-31-8-4-5-13-36-31)26-16-25(45-32(26)44)15-23-18-37-33(38-19-23)40-14-6-7-24(40)20-41/h4-5,8,13,15-16,18-19,24,27-30,41-43H,1,6-7,9-12,14,17,20-21H2,2-3H3,(H,36,39)/b25-15+/t24?,27?,28?,29?,30-,34-,35+/m1/s1. The molecule has 240 valence electrons. The maximum Gasteiger partial charge on any atom is 0.341 e. The van der Waals surface area contributed by atoms with Gasteiger partial charge in [-0.05, 0) is 86.5 Å². The molecule has 4 heterocycles. The van der Waals surface area contributed by atoms with Crippen molar-refractivity contribution in [1.29, 1.82) is 0 Å². The summed E-state index contributed by atoms with van der Waals surface area (Å²) >= 11 is 0. The van der Waals surface area contributed by atoms with Crippen molar-refractivity contribution < 1.29 is 24.9 Å². The van der Waals surface area contributed by atoms with Crippen LogP contribution in [0.5, 0.6) is 0 Å². The summed E-state index contributed by atoms with van der Waals surface area (Å²) in [7, 11) is 0. The van der Waals surface area contributed by atoms with Gasteiger partial charge in [0.1, 0.15) is 11.6 Å². The summed E-state index contributed by atoms with van der Waals surface area (Å²) in [5.41, 5.74) is 1.55. The van der Waals surface area contributed by atoms with Gasteiger partial charge in [0, 0.05) is 36.1 Å². The van der Waals surface area contributed by atoms with Gasteiger partial charge in [-0.15, -0.1) is 0 Å². The number of cyclic esters (lactones) is 1. The molecule has 2 aliphatic carbocycles. The zero-order valence-electron chi connectivity index (χ0n) is 26.2. The minimum atomic E-state index is -0.595. The Morgan fingerprint density at radius 3 is 2.69 bits per heavy atom. The van der Waals surface area contributed by atoms with Gasteiger partial charge >= 0.3 is 5.97 Å². The van der Waals surface area contributed by atoms with Crippen molar-refractivity contribution in [2.45, 2.75) is 77.0 Å². The number of esters is 1. The smallest absolute Gasteiger partial charge is 0.341 e. The molecule has 0 amide bonds. The minimum Gasteiger partial charge on any atom is -0.423 e. The van der Waals surface area contributed by atoms with Crippen molar-refractivity contribution in [2.75, 3.05) is 30.0 Å². The van der Waals surface area contributed by atoms with Crippen molar-refractivity contribution in [3.8, 4) is 0 Å². The van der Waals surface area contributed by atoms with Gasteiger partial charge in [0.25, 0.3) is 0 Å². The van der Waals surface area contributed by atoms with Gasteiger partial charge in [0.2, 0.25) is 5.95 Å². The van der Waals surface area contributed by atoms with Crippen LogP contribution in [0.4, 0.5) is 11.8 Å². The average Bonchev–Trinajstić information content (AvgIpc) is 3.67. The van der Waals surface area contributed by atoms with Crippen LogP contribution in [-0.2, 0) is 9.53 Å². The number of allylic oxidation sites excluding steroid dienone is 2. The second-order valence-corrected chi connectivity index (χ2v) is 13.7. The fourth-order valence-electron chi connectivity index (χ4n) is 8.49. The number of aliphatic hydroxyl groups is 3. The van der Waals surface area contributed by atoms with Crippen LogP contribution in [0.25, 0.3) is 6.08 Å². The minimum absolute atomic E-state index is 0.0351. The number of anilines is 2. The molecule has 2 aromatic rings. The Kier molecular flexibility index (Phi) is 8.83. The van der Waals surface area contributed by atoms with Crippen molar-refractivity contribution in [2.24, 2.45) is 22.7 Å². The Morgan fingerprint density at radius 2 is 1.98 bits per heavy atom. The normalized spacial score (nSPS) is 33.1. The second-order valence-electron chi connectivity index (χ2n) is 13.7. The molecular formula is C35H45N5O5. The Morgan fingerprint density at radius 1 is 1.18 bits per heavy atom. The monoisotopic (exact) mass is 615 g/mol. The number of aliphatic hydroxyl groups excluding tert-OH is 3. The van der Waals surface area contributed by atoms with Gasteiger partial charge in [0.05, 0.1) is 37.0 Å². The first-order chi connectivity index (χ1) is 21.7. The first kappa shape index (κ1) is 31.4. The maximum atomic E-state index is 13.4. The molecule has 6 rings (SSSR count). The molecule has 10 nitrogen and oxygen atoms in total. The predicted molar refractivity (Wildman–Crippen MR) is 172 cm³/mol. The number of carbonyl (C=O) groups excluding carboxylic acids is 1. The molecule has 2 saturated carbocycles. The SMILES string of the molecule is C=C1CCC2[C@](C)(CC[C@@H](O)[C@@]2(C)CO)C1CC(Nc1ccccn1)C1=C/C(=C\c2cnc(N3CCCC3CO)nc2)OC1=O. The number of fused-ring (bicyclic) bond motifs is 1. The second kappa shape index (κ2) is 12.7. The van der Waals surface area contributed by atoms with Gasteiger partial charge in [0.15, 0.2) is 0 Å². The Labute approximate surface area is 265 Å². The third kappa shape index (κ3) is 5.91. The van der Waals surface area contributed by atoms with E-state index in [1.807, 2.05) is 30.0 Å². The highest BCUT2D eigenvalue weighted by Crippen LogP contribution is 2.62. The molecule has 4 unspecified atom stereocenters. The van der Waals surface area contributed by atoms with Crippen LogP contribution in [0.15, 0.2) is 66.3 Å². The average molecular weight is 616 g/mol. The summed E-state index contributed by atoms with van der Waals surface area (Å²) in [5, 5.41) is 34.6. The van der Waals surface area contributed by atoms with Gasteiger partial charge in [-0.3, -0.25) is 0 Å². The predicted octanol–water partition coefficient (Wildman–Crippen LogP) is 4.27. The fourth-order valence-corrected chi connectivity index (χ4v) is 8.49. The zero-order chi connectivity index (χ0) is 31.8. The lowest BCUT2D eigenvalue weighted by Crippen LogP contribution is -2.58. The van der Waals surface area contributed by atoms with E-state index in [0.29, 0.717) is 41.5 Å². The van der Waals surface area contributed by atoms with E-state index in [9.17, 15) is 20.1 Å². The number of hydrogen-bond acceptors (Lipinski definition) is 10. The molecule has 4 N–H and O–H groups in total. The van der Waals surface area contributed by atoms with Crippen LogP contribution in [0.1, 0.15) is 64.4 Å². The molecule has 4 aliphatic rings.